The summed E-state index contributed by atoms with van der Waals surface area (Å²) in [4.78, 5) is 15.7. The Balaban J connectivity index is 1.82. The van der Waals surface area contributed by atoms with Crippen molar-refractivity contribution in [1.82, 2.24) is 10.2 Å². The van der Waals surface area contributed by atoms with E-state index in [-0.39, 0.29) is 11.2 Å². The highest BCUT2D eigenvalue weighted by atomic mass is 35.5. The molecule has 1 N–H and O–H groups in total. The molecule has 1 aromatic rings. The molecule has 1 aromatic carbocycles. The summed E-state index contributed by atoms with van der Waals surface area (Å²) >= 11 is 13.6. The summed E-state index contributed by atoms with van der Waals surface area (Å²) < 4.78 is 0. The summed E-state index contributed by atoms with van der Waals surface area (Å²) in [6.07, 6.45) is 2.40. The van der Waals surface area contributed by atoms with Crippen LogP contribution in [0.3, 0.4) is 0 Å². The zero-order chi connectivity index (χ0) is 17.7. The van der Waals surface area contributed by atoms with Gasteiger partial charge in [-0.1, -0.05) is 23.2 Å². The lowest BCUT2D eigenvalue weighted by Gasteiger charge is -2.35. The van der Waals surface area contributed by atoms with Crippen molar-refractivity contribution in [2.24, 2.45) is 5.92 Å². The first-order chi connectivity index (χ1) is 11.4. The number of carbonyl (C=O) groups is 1. The molecule has 3 nitrogen and oxygen atoms in total. The van der Waals surface area contributed by atoms with E-state index in [0.29, 0.717) is 22.0 Å². The van der Waals surface area contributed by atoms with Gasteiger partial charge in [0.1, 0.15) is 0 Å². The second kappa shape index (κ2) is 9.33. The van der Waals surface area contributed by atoms with Crippen molar-refractivity contribution in [2.45, 2.75) is 49.8 Å². The van der Waals surface area contributed by atoms with Crippen LogP contribution < -0.4 is 5.32 Å². The predicted molar refractivity (Wildman–Crippen MR) is 104 cm³/mol. The quantitative estimate of drug-likeness (QED) is 0.715. The third-order valence-corrected chi connectivity index (χ3v) is 6.25. The molecule has 2 atom stereocenters. The maximum absolute atomic E-state index is 12.4. The molecule has 2 unspecified atom stereocenters. The standard InChI is InChI=1S/C18H26Cl2N2OS/c1-12(2)22-8-4-5-14(11-22)10-21-18(23)13(3)24-17-9-15(19)6-7-16(17)20/h6-7,9,12-14H,4-5,8,10-11H2,1-3H3,(H,21,23). The molecule has 1 fully saturated rings. The Bertz CT molecular complexity index is 568. The molecule has 0 aliphatic carbocycles. The maximum Gasteiger partial charge on any atom is 0.233 e. The molecule has 1 amide bonds. The van der Waals surface area contributed by atoms with Crippen LogP contribution in [-0.4, -0.2) is 41.7 Å². The van der Waals surface area contributed by atoms with Crippen LogP contribution in [0.25, 0.3) is 0 Å². The van der Waals surface area contributed by atoms with Crippen molar-refractivity contribution >= 4 is 40.9 Å². The number of carbonyl (C=O) groups excluding carboxylic acids is 1. The molecule has 2 rings (SSSR count). The summed E-state index contributed by atoms with van der Waals surface area (Å²) in [7, 11) is 0. The van der Waals surface area contributed by atoms with Gasteiger partial charge in [-0.2, -0.15) is 0 Å². The fraction of sp³-hybridized carbons (Fsp3) is 0.611. The van der Waals surface area contributed by atoms with Gasteiger partial charge in [0, 0.05) is 29.0 Å². The summed E-state index contributed by atoms with van der Waals surface area (Å²) in [5.41, 5.74) is 0. The first-order valence-corrected chi connectivity index (χ1v) is 10.1. The minimum absolute atomic E-state index is 0.0534. The molecule has 24 heavy (non-hydrogen) atoms. The van der Waals surface area contributed by atoms with Crippen molar-refractivity contribution in [3.63, 3.8) is 0 Å². The molecule has 0 saturated carbocycles. The van der Waals surface area contributed by atoms with Gasteiger partial charge in [-0.25, -0.2) is 0 Å². The molecule has 1 saturated heterocycles. The number of amides is 1. The van der Waals surface area contributed by atoms with Crippen LogP contribution in [0.1, 0.15) is 33.6 Å². The number of hydrogen-bond donors (Lipinski definition) is 1. The zero-order valence-electron chi connectivity index (χ0n) is 14.5. The summed E-state index contributed by atoms with van der Waals surface area (Å²) in [6, 6.07) is 5.89. The van der Waals surface area contributed by atoms with Gasteiger partial charge >= 0.3 is 0 Å². The molecule has 134 valence electrons. The summed E-state index contributed by atoms with van der Waals surface area (Å²) in [5, 5.41) is 4.16. The zero-order valence-corrected chi connectivity index (χ0v) is 16.8. The molecule has 1 aliphatic rings. The van der Waals surface area contributed by atoms with E-state index in [2.05, 4.69) is 24.1 Å². The van der Waals surface area contributed by atoms with Crippen molar-refractivity contribution in [1.29, 1.82) is 0 Å². The third kappa shape index (κ3) is 5.83. The Hall–Kier alpha value is -0.420. The van der Waals surface area contributed by atoms with E-state index in [4.69, 9.17) is 23.2 Å². The lowest BCUT2D eigenvalue weighted by Crippen LogP contribution is -2.44. The van der Waals surface area contributed by atoms with E-state index in [1.165, 1.54) is 31.1 Å². The van der Waals surface area contributed by atoms with Crippen molar-refractivity contribution < 1.29 is 4.79 Å². The number of thioether (sulfide) groups is 1. The fourth-order valence-electron chi connectivity index (χ4n) is 2.93. The number of likely N-dealkylation sites (tertiary alicyclic amines) is 1. The van der Waals surface area contributed by atoms with Gasteiger partial charge in [0.25, 0.3) is 0 Å². The molecular formula is C18H26Cl2N2OS. The summed E-state index contributed by atoms with van der Waals surface area (Å²) in [5.74, 6) is 0.592. The average Bonchev–Trinajstić information content (AvgIpc) is 2.56. The van der Waals surface area contributed by atoms with Gasteiger partial charge < -0.3 is 10.2 Å². The smallest absolute Gasteiger partial charge is 0.233 e. The second-order valence-electron chi connectivity index (χ2n) is 6.68. The third-order valence-electron chi connectivity index (χ3n) is 4.41. The molecule has 6 heteroatoms. The minimum atomic E-state index is -0.203. The molecule has 0 aromatic heterocycles. The average molecular weight is 389 g/mol. The lowest BCUT2D eigenvalue weighted by molar-refractivity contribution is -0.120. The number of halogens is 2. The highest BCUT2D eigenvalue weighted by molar-refractivity contribution is 8.00. The van der Waals surface area contributed by atoms with Crippen molar-refractivity contribution in [3.05, 3.63) is 28.2 Å². The maximum atomic E-state index is 12.4. The van der Waals surface area contributed by atoms with E-state index in [1.807, 2.05) is 6.92 Å². The Kier molecular flexibility index (Phi) is 7.73. The number of rotatable bonds is 6. The van der Waals surface area contributed by atoms with Gasteiger partial charge in [0.15, 0.2) is 0 Å². The predicted octanol–water partition coefficient (Wildman–Crippen LogP) is 4.71. The van der Waals surface area contributed by atoms with Crippen LogP contribution in [-0.2, 0) is 4.79 Å². The SMILES string of the molecule is CC(Sc1cc(Cl)ccc1Cl)C(=O)NCC1CCCN(C(C)C)C1. The topological polar surface area (TPSA) is 32.3 Å². The Morgan fingerprint density at radius 2 is 2.12 bits per heavy atom. The van der Waals surface area contributed by atoms with Crippen molar-refractivity contribution in [3.8, 4) is 0 Å². The molecule has 0 bridgehead atoms. The van der Waals surface area contributed by atoms with E-state index < -0.39 is 0 Å². The Morgan fingerprint density at radius 1 is 1.38 bits per heavy atom. The monoisotopic (exact) mass is 388 g/mol. The van der Waals surface area contributed by atoms with Gasteiger partial charge in [-0.3, -0.25) is 4.79 Å². The number of piperidine rings is 1. The largest absolute Gasteiger partial charge is 0.355 e. The van der Waals surface area contributed by atoms with Gasteiger partial charge in [-0.15, -0.1) is 11.8 Å². The van der Waals surface area contributed by atoms with E-state index in [0.717, 1.165) is 18.0 Å². The van der Waals surface area contributed by atoms with E-state index in [9.17, 15) is 4.79 Å². The van der Waals surface area contributed by atoms with Crippen LogP contribution in [0.4, 0.5) is 0 Å². The van der Waals surface area contributed by atoms with Crippen LogP contribution in [0, 0.1) is 5.92 Å². The van der Waals surface area contributed by atoms with E-state index in [1.54, 1.807) is 18.2 Å². The molecule has 0 radical (unpaired) electrons. The highest BCUT2D eigenvalue weighted by Gasteiger charge is 2.23. The first kappa shape index (κ1) is 19.9. The highest BCUT2D eigenvalue weighted by Crippen LogP contribution is 2.32. The lowest BCUT2D eigenvalue weighted by atomic mass is 9.97. The number of nitrogens with zero attached hydrogens (tertiary/aromatic N) is 1. The van der Waals surface area contributed by atoms with Crippen LogP contribution >= 0.6 is 35.0 Å². The summed E-state index contributed by atoms with van der Waals surface area (Å²) in [6.45, 7) is 9.35. The van der Waals surface area contributed by atoms with Crippen molar-refractivity contribution in [2.75, 3.05) is 19.6 Å². The molecular weight excluding hydrogens is 363 g/mol. The van der Waals surface area contributed by atoms with Gasteiger partial charge in [-0.05, 0) is 64.3 Å². The van der Waals surface area contributed by atoms with E-state index >= 15 is 0 Å². The van der Waals surface area contributed by atoms with Crippen LogP contribution in [0.5, 0.6) is 0 Å². The number of benzene rings is 1. The molecule has 1 heterocycles. The number of hydrogen-bond acceptors (Lipinski definition) is 3. The van der Waals surface area contributed by atoms with Gasteiger partial charge in [0.05, 0.1) is 10.3 Å². The second-order valence-corrected chi connectivity index (χ2v) is 8.90. The Labute approximate surface area is 159 Å². The Morgan fingerprint density at radius 3 is 2.83 bits per heavy atom. The van der Waals surface area contributed by atoms with Gasteiger partial charge in [0.2, 0.25) is 5.91 Å². The molecule has 1 aliphatic heterocycles. The molecule has 0 spiro atoms. The minimum Gasteiger partial charge on any atom is -0.355 e. The number of nitrogens with one attached hydrogen (secondary N) is 1. The fourth-order valence-corrected chi connectivity index (χ4v) is 4.37. The normalized spacial score (nSPS) is 20.2. The van der Waals surface area contributed by atoms with Crippen LogP contribution in [0.15, 0.2) is 23.1 Å². The first-order valence-electron chi connectivity index (χ1n) is 8.50. The van der Waals surface area contributed by atoms with Crippen LogP contribution in [0.2, 0.25) is 10.0 Å².